The van der Waals surface area contributed by atoms with E-state index in [1.807, 2.05) is 0 Å². The molecule has 0 fully saturated rings. The van der Waals surface area contributed by atoms with Crippen LogP contribution in [0.2, 0.25) is 0 Å². The molecule has 0 bridgehead atoms. The average molecular weight is 551 g/mol. The number of halogens is 2. The van der Waals surface area contributed by atoms with E-state index in [4.69, 9.17) is 0 Å². The summed E-state index contributed by atoms with van der Waals surface area (Å²) in [5.41, 5.74) is 1.32. The maximum atomic E-state index is 14.5. The van der Waals surface area contributed by atoms with Crippen LogP contribution < -0.4 is 10.2 Å². The third-order valence-electron chi connectivity index (χ3n) is 6.84. The summed E-state index contributed by atoms with van der Waals surface area (Å²) in [4.78, 5) is 46.2. The van der Waals surface area contributed by atoms with Crippen molar-refractivity contribution in [1.29, 1.82) is 0 Å². The van der Waals surface area contributed by atoms with Crippen LogP contribution in [0.5, 0.6) is 0 Å². The second kappa shape index (κ2) is 11.8. The number of pyridine rings is 1. The third kappa shape index (κ3) is 6.62. The number of fused-ring (bicyclic) bond motifs is 1. The number of hydrogen-bond acceptors (Lipinski definition) is 4. The zero-order chi connectivity index (χ0) is 29.0. The van der Waals surface area contributed by atoms with Gasteiger partial charge in [0.15, 0.2) is 0 Å². The van der Waals surface area contributed by atoms with E-state index >= 15 is 0 Å². The Hall–Kier alpha value is -4.34. The Kier molecular flexibility index (Phi) is 8.46. The zero-order valence-corrected chi connectivity index (χ0v) is 22.6. The van der Waals surface area contributed by atoms with Gasteiger partial charge in [-0.2, -0.15) is 0 Å². The molecule has 1 aliphatic rings. The van der Waals surface area contributed by atoms with E-state index in [1.54, 1.807) is 63.4 Å². The summed E-state index contributed by atoms with van der Waals surface area (Å²) in [6.07, 6.45) is 0.208. The smallest absolute Gasteiger partial charge is 0.408 e. The highest BCUT2D eigenvalue weighted by Crippen LogP contribution is 2.29. The van der Waals surface area contributed by atoms with Gasteiger partial charge in [0.25, 0.3) is 0 Å². The topological polar surface area (TPSA) is 103 Å². The van der Waals surface area contributed by atoms with Crippen LogP contribution in [0.3, 0.4) is 0 Å². The molecule has 210 valence electrons. The molecule has 8 nitrogen and oxygen atoms in total. The first-order chi connectivity index (χ1) is 18.9. The van der Waals surface area contributed by atoms with Crippen LogP contribution >= 0.6 is 0 Å². The number of nitrogens with zero attached hydrogens (tertiary/aromatic N) is 3. The van der Waals surface area contributed by atoms with Crippen molar-refractivity contribution in [2.45, 2.75) is 64.2 Å². The first-order valence-corrected chi connectivity index (χ1v) is 13.0. The van der Waals surface area contributed by atoms with Crippen LogP contribution in [0, 0.1) is 11.6 Å². The van der Waals surface area contributed by atoms with Crippen LogP contribution in [0.25, 0.3) is 0 Å². The van der Waals surface area contributed by atoms with E-state index in [9.17, 15) is 28.3 Å². The fourth-order valence-corrected chi connectivity index (χ4v) is 5.10. The number of anilines is 1. The van der Waals surface area contributed by atoms with E-state index < -0.39 is 41.3 Å². The van der Waals surface area contributed by atoms with Gasteiger partial charge in [-0.1, -0.05) is 30.3 Å². The summed E-state index contributed by atoms with van der Waals surface area (Å²) >= 11 is 0. The molecule has 3 aromatic rings. The summed E-state index contributed by atoms with van der Waals surface area (Å²) in [6.45, 7) is 5.26. The first-order valence-electron chi connectivity index (χ1n) is 13.0. The normalized spacial score (nSPS) is 15.8. The molecular formula is C30H32F2N4O4. The minimum absolute atomic E-state index is 0.0244. The number of nitrogens with one attached hydrogen (secondary N) is 1. The lowest BCUT2D eigenvalue weighted by Gasteiger charge is -2.40. The molecule has 2 N–H and O–H groups in total. The van der Waals surface area contributed by atoms with Gasteiger partial charge >= 0.3 is 6.09 Å². The molecule has 10 heteroatoms. The average Bonchev–Trinajstić information content (AvgIpc) is 2.88. The minimum atomic E-state index is -1.24. The van der Waals surface area contributed by atoms with E-state index in [1.165, 1.54) is 29.2 Å². The Morgan fingerprint density at radius 1 is 1.10 bits per heavy atom. The molecule has 1 aliphatic heterocycles. The lowest BCUT2D eigenvalue weighted by atomic mass is 9.95. The standard InChI is InChI=1S/C30H32F2N4O4/c1-30(2,3)36(29(39)40)22(15-20-7-4-5-8-23(20)32)16-27(37)34-25-17-24-26(9-6-14-33-24)35(28(25)38)18-19-10-12-21(31)13-11-19/h4-14,22,25H,15-18H2,1-3H3,(H,34,37)(H,39,40)/t22-,25?/m1/s1. The van der Waals surface area contributed by atoms with Crippen molar-refractivity contribution in [2.24, 2.45) is 0 Å². The van der Waals surface area contributed by atoms with Gasteiger partial charge in [-0.15, -0.1) is 0 Å². The van der Waals surface area contributed by atoms with Crippen LogP contribution in [-0.2, 0) is 29.0 Å². The predicted molar refractivity (Wildman–Crippen MR) is 146 cm³/mol. The highest BCUT2D eigenvalue weighted by Gasteiger charge is 2.38. The Labute approximate surface area is 231 Å². The Morgan fingerprint density at radius 3 is 2.45 bits per heavy atom. The summed E-state index contributed by atoms with van der Waals surface area (Å²) < 4.78 is 27.9. The molecule has 0 saturated heterocycles. The number of hydrogen-bond donors (Lipinski definition) is 2. The molecule has 4 rings (SSSR count). The Balaban J connectivity index is 1.57. The number of rotatable bonds is 8. The number of carboxylic acid groups (broad SMARTS) is 1. The lowest BCUT2D eigenvalue weighted by Crippen LogP contribution is -2.56. The summed E-state index contributed by atoms with van der Waals surface area (Å²) in [5, 5.41) is 12.8. The summed E-state index contributed by atoms with van der Waals surface area (Å²) in [6, 6.07) is 13.5. The molecule has 0 spiro atoms. The highest BCUT2D eigenvalue weighted by atomic mass is 19.1. The van der Waals surface area contributed by atoms with Gasteiger partial charge in [-0.25, -0.2) is 13.6 Å². The van der Waals surface area contributed by atoms with E-state index in [-0.39, 0.29) is 37.3 Å². The summed E-state index contributed by atoms with van der Waals surface area (Å²) in [7, 11) is 0. The summed E-state index contributed by atoms with van der Waals surface area (Å²) in [5.74, 6) is -1.80. The van der Waals surface area contributed by atoms with Gasteiger partial charge < -0.3 is 15.3 Å². The predicted octanol–water partition coefficient (Wildman–Crippen LogP) is 4.71. The monoisotopic (exact) mass is 550 g/mol. The molecule has 1 unspecified atom stereocenters. The molecule has 2 aromatic carbocycles. The zero-order valence-electron chi connectivity index (χ0n) is 22.6. The fraction of sp³-hybridized carbons (Fsp3) is 0.333. The van der Waals surface area contributed by atoms with Crippen LogP contribution in [0.15, 0.2) is 66.9 Å². The van der Waals surface area contributed by atoms with Crippen LogP contribution in [0.4, 0.5) is 19.3 Å². The number of carbonyl (C=O) groups is 3. The molecule has 2 atom stereocenters. The molecule has 0 saturated carbocycles. The fourth-order valence-electron chi connectivity index (χ4n) is 5.10. The van der Waals surface area contributed by atoms with Gasteiger partial charge in [-0.3, -0.25) is 19.5 Å². The van der Waals surface area contributed by atoms with Crippen molar-refractivity contribution in [3.05, 3.63) is 95.3 Å². The van der Waals surface area contributed by atoms with Crippen molar-refractivity contribution >= 4 is 23.6 Å². The molecule has 0 radical (unpaired) electrons. The van der Waals surface area contributed by atoms with Gasteiger partial charge in [0, 0.05) is 30.6 Å². The molecule has 0 aliphatic carbocycles. The van der Waals surface area contributed by atoms with Crippen molar-refractivity contribution < 1.29 is 28.3 Å². The van der Waals surface area contributed by atoms with E-state index in [0.717, 1.165) is 4.90 Å². The molecule has 3 amide bonds. The first kappa shape index (κ1) is 28.7. The number of aromatic nitrogens is 1. The van der Waals surface area contributed by atoms with Gasteiger partial charge in [0.1, 0.15) is 17.7 Å². The van der Waals surface area contributed by atoms with Crippen molar-refractivity contribution in [3.63, 3.8) is 0 Å². The van der Waals surface area contributed by atoms with Crippen molar-refractivity contribution in [2.75, 3.05) is 4.90 Å². The van der Waals surface area contributed by atoms with Crippen LogP contribution in [-0.4, -0.2) is 50.5 Å². The second-order valence-corrected chi connectivity index (χ2v) is 10.8. The number of benzene rings is 2. The maximum absolute atomic E-state index is 14.5. The van der Waals surface area contributed by atoms with Crippen molar-refractivity contribution in [3.8, 4) is 0 Å². The molecule has 40 heavy (non-hydrogen) atoms. The number of amides is 3. The largest absolute Gasteiger partial charge is 0.465 e. The minimum Gasteiger partial charge on any atom is -0.465 e. The maximum Gasteiger partial charge on any atom is 0.408 e. The van der Waals surface area contributed by atoms with Gasteiger partial charge in [0.2, 0.25) is 11.8 Å². The van der Waals surface area contributed by atoms with Gasteiger partial charge in [-0.05, 0) is 68.7 Å². The van der Waals surface area contributed by atoms with E-state index in [0.29, 0.717) is 16.9 Å². The SMILES string of the molecule is CC(C)(C)N(C(=O)O)[C@@H](CC(=O)NC1Cc2ncccc2N(Cc2ccc(F)cc2)C1=O)Cc1ccccc1F. The molecule has 2 heterocycles. The lowest BCUT2D eigenvalue weighted by molar-refractivity contribution is -0.128. The molecular weight excluding hydrogens is 518 g/mol. The Morgan fingerprint density at radius 2 is 1.80 bits per heavy atom. The number of carbonyl (C=O) groups excluding carboxylic acids is 2. The van der Waals surface area contributed by atoms with Crippen LogP contribution in [0.1, 0.15) is 44.0 Å². The second-order valence-electron chi connectivity index (χ2n) is 10.8. The quantitative estimate of drug-likeness (QED) is 0.423. The van der Waals surface area contributed by atoms with Gasteiger partial charge in [0.05, 0.1) is 17.9 Å². The van der Waals surface area contributed by atoms with E-state index in [2.05, 4.69) is 10.3 Å². The molecule has 1 aromatic heterocycles. The third-order valence-corrected chi connectivity index (χ3v) is 6.84. The highest BCUT2D eigenvalue weighted by molar-refractivity contribution is 6.01. The van der Waals surface area contributed by atoms with Crippen molar-refractivity contribution in [1.82, 2.24) is 15.2 Å². The Bertz CT molecular complexity index is 1390.